The van der Waals surface area contributed by atoms with E-state index in [-0.39, 0.29) is 7.02 Å². The molecule has 5 nitrogen and oxygen atoms in total. The van der Waals surface area contributed by atoms with Gasteiger partial charge < -0.3 is 15.4 Å². The second-order valence-corrected chi connectivity index (χ2v) is 3.91. The lowest BCUT2D eigenvalue weighted by Crippen LogP contribution is -2.45. The minimum atomic E-state index is -0.704. The Morgan fingerprint density at radius 2 is 2.00 bits per heavy atom. The zero-order chi connectivity index (χ0) is 12.1. The van der Waals surface area contributed by atoms with Gasteiger partial charge in [-0.3, -0.25) is 4.79 Å². The zero-order valence-electron chi connectivity index (χ0n) is 10.0. The van der Waals surface area contributed by atoms with Gasteiger partial charge in [0.25, 0.3) is 0 Å². The molecule has 0 spiro atoms. The van der Waals surface area contributed by atoms with Crippen LogP contribution in [0.3, 0.4) is 0 Å². The Morgan fingerprint density at radius 3 is 2.43 bits per heavy atom. The minimum absolute atomic E-state index is 0.209. The van der Waals surface area contributed by atoms with Crippen molar-refractivity contribution in [3.8, 4) is 0 Å². The lowest BCUT2D eigenvalue weighted by atomic mass is 10.2. The Bertz CT molecular complexity index is 238. The molecule has 0 aliphatic heterocycles. The van der Waals surface area contributed by atoms with Crippen molar-refractivity contribution in [2.75, 3.05) is 7.02 Å². The van der Waals surface area contributed by atoms with Gasteiger partial charge in [-0.1, -0.05) is 0 Å². The van der Waals surface area contributed by atoms with Crippen molar-refractivity contribution in [1.82, 2.24) is 10.6 Å². The number of rotatable bonds is 2. The topological polar surface area (TPSA) is 67.4 Å². The van der Waals surface area contributed by atoms with E-state index in [4.69, 9.17) is 6.11 Å². The fourth-order valence-electron chi connectivity index (χ4n) is 0.703. The summed E-state index contributed by atoms with van der Waals surface area (Å²) in [5.74, 6) is -0.407. The second kappa shape index (κ2) is 4.83. The summed E-state index contributed by atoms with van der Waals surface area (Å²) >= 11 is 0. The standard InChI is InChI=1S/C9H18N2O3/c1-6(7(12)10-5)11-8(13)14-9(2,3)4/h6H,1-5H3,(H,10,12)(H,11,13)/t6-/m0/s1/i5D. The molecule has 0 bridgehead atoms. The van der Waals surface area contributed by atoms with Gasteiger partial charge in [-0.2, -0.15) is 0 Å². The van der Waals surface area contributed by atoms with E-state index in [1.54, 1.807) is 20.8 Å². The first kappa shape index (κ1) is 10.8. The third-order valence-electron chi connectivity index (χ3n) is 1.30. The molecule has 82 valence electrons. The largest absolute Gasteiger partial charge is 0.444 e. The number of alkyl carbamates (subject to hydrolysis) is 1. The summed E-state index contributed by atoms with van der Waals surface area (Å²) in [6, 6.07) is -0.704. The third kappa shape index (κ3) is 5.40. The van der Waals surface area contributed by atoms with Crippen molar-refractivity contribution < 1.29 is 15.7 Å². The molecule has 0 heterocycles. The molecular weight excluding hydrogens is 184 g/mol. The molecule has 0 aliphatic carbocycles. The molecule has 0 radical (unpaired) electrons. The maximum Gasteiger partial charge on any atom is 0.408 e. The Labute approximate surface area is 85.6 Å². The summed E-state index contributed by atoms with van der Waals surface area (Å²) in [5.41, 5.74) is -0.588. The Hall–Kier alpha value is -1.26. The van der Waals surface area contributed by atoms with Crippen LogP contribution in [0.5, 0.6) is 0 Å². The predicted molar refractivity (Wildman–Crippen MR) is 52.9 cm³/mol. The van der Waals surface area contributed by atoms with Crippen LogP contribution < -0.4 is 10.6 Å². The number of carbonyl (C=O) groups excluding carboxylic acids is 2. The van der Waals surface area contributed by atoms with Gasteiger partial charge in [0.05, 0.1) is 0 Å². The summed E-state index contributed by atoms with van der Waals surface area (Å²) in [4.78, 5) is 22.4. The molecule has 0 aromatic rings. The lowest BCUT2D eigenvalue weighted by Gasteiger charge is -2.21. The summed E-state index contributed by atoms with van der Waals surface area (Å²) in [6.45, 7) is 6.73. The summed E-state index contributed by atoms with van der Waals surface area (Å²) in [6.07, 6.45) is -0.643. The molecule has 2 amide bonds. The van der Waals surface area contributed by atoms with E-state index < -0.39 is 23.6 Å². The quantitative estimate of drug-likeness (QED) is 0.692. The molecule has 0 fully saturated rings. The monoisotopic (exact) mass is 203 g/mol. The first-order valence-electron chi connectivity index (χ1n) is 5.03. The number of amides is 2. The molecule has 2 N–H and O–H groups in total. The van der Waals surface area contributed by atoms with E-state index in [2.05, 4.69) is 10.6 Å². The van der Waals surface area contributed by atoms with Crippen LogP contribution in [0.4, 0.5) is 4.79 Å². The Balaban J connectivity index is 4.02. The van der Waals surface area contributed by atoms with Crippen molar-refractivity contribution >= 4 is 12.0 Å². The Kier molecular flexibility index (Phi) is 3.73. The lowest BCUT2D eigenvalue weighted by molar-refractivity contribution is -0.122. The Morgan fingerprint density at radius 1 is 1.43 bits per heavy atom. The molecule has 0 saturated heterocycles. The van der Waals surface area contributed by atoms with E-state index in [0.29, 0.717) is 0 Å². The molecule has 0 rings (SSSR count). The van der Waals surface area contributed by atoms with Crippen molar-refractivity contribution in [3.05, 3.63) is 0 Å². The highest BCUT2D eigenvalue weighted by molar-refractivity contribution is 5.84. The van der Waals surface area contributed by atoms with Crippen molar-refractivity contribution in [2.45, 2.75) is 39.3 Å². The van der Waals surface area contributed by atoms with Gasteiger partial charge in [0.1, 0.15) is 11.6 Å². The number of hydrogen-bond donors (Lipinski definition) is 2. The number of ether oxygens (including phenoxy) is 1. The van der Waals surface area contributed by atoms with Gasteiger partial charge in [-0.25, -0.2) is 4.79 Å². The number of carbonyl (C=O) groups is 2. The van der Waals surface area contributed by atoms with Gasteiger partial charge in [0, 0.05) is 8.39 Å². The fraction of sp³-hybridized carbons (Fsp3) is 0.778. The molecule has 0 aromatic heterocycles. The van der Waals surface area contributed by atoms with Crippen LogP contribution in [0.2, 0.25) is 0 Å². The van der Waals surface area contributed by atoms with Gasteiger partial charge in [-0.05, 0) is 27.7 Å². The molecule has 0 saturated carbocycles. The van der Waals surface area contributed by atoms with Gasteiger partial charge in [-0.15, -0.1) is 0 Å². The van der Waals surface area contributed by atoms with Gasteiger partial charge in [0.15, 0.2) is 0 Å². The maximum atomic E-state index is 11.2. The number of hydrogen-bond acceptors (Lipinski definition) is 3. The van der Waals surface area contributed by atoms with E-state index in [0.717, 1.165) is 0 Å². The molecular formula is C9H18N2O3. The normalized spacial score (nSPS) is 13.9. The fourth-order valence-corrected chi connectivity index (χ4v) is 0.703. The summed E-state index contributed by atoms with van der Waals surface area (Å²) in [7, 11) is -0.209. The highest BCUT2D eigenvalue weighted by Crippen LogP contribution is 2.06. The first-order chi connectivity index (χ1) is 6.76. The van der Waals surface area contributed by atoms with Crippen LogP contribution in [-0.4, -0.2) is 30.7 Å². The molecule has 1 atom stereocenters. The van der Waals surface area contributed by atoms with Gasteiger partial charge >= 0.3 is 6.09 Å². The average Bonchev–Trinajstić information content (AvgIpc) is 2.00. The smallest absolute Gasteiger partial charge is 0.408 e. The highest BCUT2D eigenvalue weighted by Gasteiger charge is 2.19. The van der Waals surface area contributed by atoms with E-state index in [1.807, 2.05) is 0 Å². The van der Waals surface area contributed by atoms with Gasteiger partial charge in [0.2, 0.25) is 5.91 Å². The molecule has 0 unspecified atom stereocenters. The third-order valence-corrected chi connectivity index (χ3v) is 1.30. The summed E-state index contributed by atoms with van der Waals surface area (Å²) < 4.78 is 11.7. The second-order valence-electron chi connectivity index (χ2n) is 3.91. The number of likely N-dealkylation sites (N-methyl/N-ethyl adjacent to an activating group) is 1. The van der Waals surface area contributed by atoms with Crippen LogP contribution in [0.25, 0.3) is 0 Å². The first-order valence-corrected chi connectivity index (χ1v) is 4.32. The van der Waals surface area contributed by atoms with Crippen molar-refractivity contribution in [2.24, 2.45) is 0 Å². The maximum absolute atomic E-state index is 11.2. The molecule has 14 heavy (non-hydrogen) atoms. The van der Waals surface area contributed by atoms with Crippen molar-refractivity contribution in [3.63, 3.8) is 0 Å². The van der Waals surface area contributed by atoms with E-state index in [9.17, 15) is 9.59 Å². The van der Waals surface area contributed by atoms with E-state index in [1.165, 1.54) is 6.92 Å². The van der Waals surface area contributed by atoms with E-state index >= 15 is 0 Å². The SMILES string of the molecule is [2H]CNC(=O)[C@H](C)NC(=O)OC(C)(C)C. The average molecular weight is 203 g/mol. The van der Waals surface area contributed by atoms with Crippen LogP contribution in [0, 0.1) is 0 Å². The number of nitrogens with one attached hydrogen (secondary N) is 2. The predicted octanol–water partition coefficient (Wildman–Crippen LogP) is 0.646. The minimum Gasteiger partial charge on any atom is -0.444 e. The van der Waals surface area contributed by atoms with Crippen molar-refractivity contribution in [1.29, 1.82) is 0 Å². The molecule has 0 aliphatic rings. The molecule has 0 aromatic carbocycles. The highest BCUT2D eigenvalue weighted by atomic mass is 16.6. The van der Waals surface area contributed by atoms with Crippen LogP contribution in [0.15, 0.2) is 0 Å². The molecule has 5 heteroatoms. The van der Waals surface area contributed by atoms with Crippen LogP contribution >= 0.6 is 0 Å². The summed E-state index contributed by atoms with van der Waals surface area (Å²) in [5, 5.41) is 4.64. The van der Waals surface area contributed by atoms with Crippen LogP contribution in [-0.2, 0) is 9.53 Å². The zero-order valence-corrected chi connectivity index (χ0v) is 9.01. The van der Waals surface area contributed by atoms with Crippen LogP contribution in [0.1, 0.15) is 29.1 Å².